The number of hydrogen-bond donors (Lipinski definition) is 1. The Labute approximate surface area is 153 Å². The number of nitrogens with zero attached hydrogens (tertiary/aromatic N) is 2. The Morgan fingerprint density at radius 1 is 1.19 bits per heavy atom. The number of nitrogens with one attached hydrogen (secondary N) is 1. The van der Waals surface area contributed by atoms with E-state index in [1.807, 2.05) is 0 Å². The third kappa shape index (κ3) is 4.46. The fourth-order valence-corrected chi connectivity index (χ4v) is 2.33. The highest BCUT2D eigenvalue weighted by Crippen LogP contribution is 2.22. The number of esters is 1. The number of carbonyl (C=O) groups excluding carboxylic acids is 2. The highest BCUT2D eigenvalue weighted by Gasteiger charge is 2.13. The molecular weight excluding hydrogens is 354 g/mol. The molecular formula is C18H15N3O6. The summed E-state index contributed by atoms with van der Waals surface area (Å²) in [4.78, 5) is 43.0. The summed E-state index contributed by atoms with van der Waals surface area (Å²) in [6.45, 7) is 1.77. The number of benzene rings is 1. The van der Waals surface area contributed by atoms with Crippen LogP contribution in [0.2, 0.25) is 0 Å². The third-order valence-corrected chi connectivity index (χ3v) is 3.48. The highest BCUT2D eigenvalue weighted by atomic mass is 16.5. The van der Waals surface area contributed by atoms with Gasteiger partial charge in [0.25, 0.3) is 0 Å². The van der Waals surface area contributed by atoms with Gasteiger partial charge in [-0.3, -0.25) is 10.3 Å². The first-order valence-electron chi connectivity index (χ1n) is 8.00. The van der Waals surface area contributed by atoms with E-state index in [2.05, 4.69) is 15.3 Å². The molecule has 27 heavy (non-hydrogen) atoms. The van der Waals surface area contributed by atoms with Crippen LogP contribution in [0, 0.1) is 0 Å². The number of anilines is 1. The van der Waals surface area contributed by atoms with Crippen LogP contribution in [0.3, 0.4) is 0 Å². The summed E-state index contributed by atoms with van der Waals surface area (Å²) in [7, 11) is 0. The first kappa shape index (κ1) is 18.1. The topological polar surface area (TPSA) is 121 Å². The van der Waals surface area contributed by atoms with E-state index in [4.69, 9.17) is 13.9 Å². The second-order valence-corrected chi connectivity index (χ2v) is 5.31. The molecule has 9 nitrogen and oxygen atoms in total. The summed E-state index contributed by atoms with van der Waals surface area (Å²) >= 11 is 0. The molecule has 9 heteroatoms. The molecule has 1 aromatic carbocycles. The van der Waals surface area contributed by atoms with Gasteiger partial charge in [-0.2, -0.15) is 0 Å². The van der Waals surface area contributed by atoms with Crippen molar-refractivity contribution in [1.29, 1.82) is 0 Å². The molecule has 0 aliphatic heterocycles. The van der Waals surface area contributed by atoms with Gasteiger partial charge in [0.05, 0.1) is 12.8 Å². The summed E-state index contributed by atoms with van der Waals surface area (Å²) in [6, 6.07) is 5.99. The zero-order chi connectivity index (χ0) is 19.2. The molecule has 0 saturated carbocycles. The average molecular weight is 369 g/mol. The average Bonchev–Trinajstić information content (AvgIpc) is 2.66. The Bertz CT molecular complexity index is 1030. The van der Waals surface area contributed by atoms with E-state index in [-0.39, 0.29) is 24.5 Å². The predicted octanol–water partition coefficient (Wildman–Crippen LogP) is 2.51. The highest BCUT2D eigenvalue weighted by molar-refractivity contribution is 5.90. The number of fused-ring (bicyclic) bond motifs is 1. The smallest absolute Gasteiger partial charge is 0.411 e. The first-order valence-corrected chi connectivity index (χ1v) is 8.00. The molecule has 138 valence electrons. The second kappa shape index (κ2) is 8.09. The minimum atomic E-state index is -0.662. The van der Waals surface area contributed by atoms with E-state index < -0.39 is 17.7 Å². The van der Waals surface area contributed by atoms with Crippen molar-refractivity contribution >= 4 is 28.7 Å². The van der Waals surface area contributed by atoms with Crippen molar-refractivity contribution in [1.82, 2.24) is 9.97 Å². The second-order valence-electron chi connectivity index (χ2n) is 5.31. The van der Waals surface area contributed by atoms with Gasteiger partial charge in [0, 0.05) is 41.2 Å². The standard InChI is InChI=1S/C18H15N3O6/c1-2-25-18(24)21-12-3-4-13-11(7-16(22)27-15(13)8-12)10-26-17(23)14-9-19-5-6-20-14/h3-9H,2,10H2,1H3,(H,21,24). The Morgan fingerprint density at radius 3 is 2.78 bits per heavy atom. The molecule has 0 aliphatic rings. The van der Waals surface area contributed by atoms with Crippen LogP contribution in [-0.2, 0) is 16.1 Å². The maximum Gasteiger partial charge on any atom is 0.411 e. The first-order chi connectivity index (χ1) is 13.1. The van der Waals surface area contributed by atoms with E-state index >= 15 is 0 Å². The zero-order valence-corrected chi connectivity index (χ0v) is 14.3. The molecule has 1 N–H and O–H groups in total. The van der Waals surface area contributed by atoms with Crippen LogP contribution in [0.4, 0.5) is 10.5 Å². The monoisotopic (exact) mass is 369 g/mol. The molecule has 2 aromatic heterocycles. The van der Waals surface area contributed by atoms with Gasteiger partial charge in [-0.05, 0) is 19.1 Å². The van der Waals surface area contributed by atoms with E-state index in [9.17, 15) is 14.4 Å². The van der Waals surface area contributed by atoms with Gasteiger partial charge in [-0.1, -0.05) is 0 Å². The SMILES string of the molecule is CCOC(=O)Nc1ccc2c(COC(=O)c3cnccn3)cc(=O)oc2c1. The molecule has 0 spiro atoms. The molecule has 1 amide bonds. The van der Waals surface area contributed by atoms with Crippen LogP contribution < -0.4 is 10.9 Å². The minimum absolute atomic E-state index is 0.0608. The number of carbonyl (C=O) groups is 2. The minimum Gasteiger partial charge on any atom is -0.456 e. The van der Waals surface area contributed by atoms with Gasteiger partial charge in [0.15, 0.2) is 5.69 Å². The van der Waals surface area contributed by atoms with Gasteiger partial charge in [-0.15, -0.1) is 0 Å². The van der Waals surface area contributed by atoms with Crippen molar-refractivity contribution in [2.24, 2.45) is 0 Å². The Balaban J connectivity index is 1.82. The van der Waals surface area contributed by atoms with Gasteiger partial charge < -0.3 is 13.9 Å². The normalized spacial score (nSPS) is 10.4. The molecule has 3 aromatic rings. The number of rotatable bonds is 5. The molecule has 2 heterocycles. The third-order valence-electron chi connectivity index (χ3n) is 3.48. The van der Waals surface area contributed by atoms with Crippen molar-refractivity contribution < 1.29 is 23.5 Å². The van der Waals surface area contributed by atoms with E-state index in [1.54, 1.807) is 19.1 Å². The zero-order valence-electron chi connectivity index (χ0n) is 14.3. The van der Waals surface area contributed by atoms with E-state index in [0.29, 0.717) is 16.6 Å². The lowest BCUT2D eigenvalue weighted by atomic mass is 10.1. The van der Waals surface area contributed by atoms with Crippen LogP contribution in [0.1, 0.15) is 23.0 Å². The van der Waals surface area contributed by atoms with Gasteiger partial charge in [0.2, 0.25) is 0 Å². The Morgan fingerprint density at radius 2 is 2.04 bits per heavy atom. The fraction of sp³-hybridized carbons (Fsp3) is 0.167. The largest absolute Gasteiger partial charge is 0.456 e. The number of amides is 1. The van der Waals surface area contributed by atoms with Crippen LogP contribution in [0.5, 0.6) is 0 Å². The summed E-state index contributed by atoms with van der Waals surface area (Å²) in [5.74, 6) is -0.662. The fourth-order valence-electron chi connectivity index (χ4n) is 2.33. The van der Waals surface area contributed by atoms with Gasteiger partial charge >= 0.3 is 17.7 Å². The number of aromatic nitrogens is 2. The Hall–Kier alpha value is -3.75. The van der Waals surface area contributed by atoms with Crippen LogP contribution in [-0.4, -0.2) is 28.6 Å². The van der Waals surface area contributed by atoms with Crippen molar-refractivity contribution in [2.75, 3.05) is 11.9 Å². The van der Waals surface area contributed by atoms with Crippen molar-refractivity contribution in [3.63, 3.8) is 0 Å². The molecule has 0 fully saturated rings. The lowest BCUT2D eigenvalue weighted by molar-refractivity contribution is 0.0466. The van der Waals surface area contributed by atoms with E-state index in [1.165, 1.54) is 30.7 Å². The molecule has 0 aliphatic carbocycles. The van der Waals surface area contributed by atoms with Crippen molar-refractivity contribution in [3.8, 4) is 0 Å². The molecule has 0 atom stereocenters. The quantitative estimate of drug-likeness (QED) is 0.538. The lowest BCUT2D eigenvalue weighted by Gasteiger charge is -2.09. The maximum absolute atomic E-state index is 12.0. The van der Waals surface area contributed by atoms with Crippen LogP contribution >= 0.6 is 0 Å². The summed E-state index contributed by atoms with van der Waals surface area (Å²) < 4.78 is 15.2. The molecule has 0 saturated heterocycles. The summed E-state index contributed by atoms with van der Waals surface area (Å²) in [6.07, 6.45) is 3.48. The summed E-state index contributed by atoms with van der Waals surface area (Å²) in [5.41, 5.74) is 0.549. The van der Waals surface area contributed by atoms with Gasteiger partial charge in [-0.25, -0.2) is 19.4 Å². The van der Waals surface area contributed by atoms with Crippen LogP contribution in [0.15, 0.2) is 52.1 Å². The molecule has 3 rings (SSSR count). The van der Waals surface area contributed by atoms with Gasteiger partial charge in [0.1, 0.15) is 12.2 Å². The van der Waals surface area contributed by atoms with E-state index in [0.717, 1.165) is 0 Å². The lowest BCUT2D eigenvalue weighted by Crippen LogP contribution is -2.13. The van der Waals surface area contributed by atoms with Crippen molar-refractivity contribution in [2.45, 2.75) is 13.5 Å². The Kier molecular flexibility index (Phi) is 5.41. The summed E-state index contributed by atoms with van der Waals surface area (Å²) in [5, 5.41) is 3.09. The molecule has 0 radical (unpaired) electrons. The van der Waals surface area contributed by atoms with Crippen molar-refractivity contribution in [3.05, 3.63) is 64.5 Å². The number of hydrogen-bond acceptors (Lipinski definition) is 8. The van der Waals surface area contributed by atoms with Crippen LogP contribution in [0.25, 0.3) is 11.0 Å². The number of ether oxygens (including phenoxy) is 2. The predicted molar refractivity (Wildman–Crippen MR) is 94.3 cm³/mol. The molecule has 0 bridgehead atoms. The molecule has 0 unspecified atom stereocenters. The maximum atomic E-state index is 12.0.